The molecule has 1 aliphatic rings. The highest BCUT2D eigenvalue weighted by molar-refractivity contribution is 7.90. The summed E-state index contributed by atoms with van der Waals surface area (Å²) in [7, 11) is -2.88. The van der Waals surface area contributed by atoms with E-state index in [0.717, 1.165) is 25.9 Å². The van der Waals surface area contributed by atoms with Crippen molar-refractivity contribution in [3.63, 3.8) is 0 Å². The van der Waals surface area contributed by atoms with Crippen LogP contribution in [0.4, 0.5) is 0 Å². The number of β-amino-alcohol motifs (C(OH)–C–C–N with tert-alkyl or cyclic N) is 1. The van der Waals surface area contributed by atoms with Crippen LogP contribution in [-0.2, 0) is 9.84 Å². The van der Waals surface area contributed by atoms with Crippen LogP contribution in [0.1, 0.15) is 19.8 Å². The molecule has 0 aromatic carbocycles. The van der Waals surface area contributed by atoms with Gasteiger partial charge in [0.15, 0.2) is 0 Å². The Hall–Kier alpha value is -0.130. The highest BCUT2D eigenvalue weighted by Gasteiger charge is 2.20. The highest BCUT2D eigenvalue weighted by atomic mass is 32.2. The summed E-state index contributed by atoms with van der Waals surface area (Å²) < 4.78 is 22.2. The highest BCUT2D eigenvalue weighted by Crippen LogP contribution is 2.12. The van der Waals surface area contributed by atoms with E-state index >= 15 is 0 Å². The van der Waals surface area contributed by atoms with E-state index in [1.165, 1.54) is 6.26 Å². The number of aliphatic hydroxyl groups excluding tert-OH is 1. The van der Waals surface area contributed by atoms with Gasteiger partial charge in [0, 0.05) is 19.3 Å². The summed E-state index contributed by atoms with van der Waals surface area (Å²) in [6, 6.07) is 0. The molecular formula is C10H21NO3S. The van der Waals surface area contributed by atoms with Crippen molar-refractivity contribution in [1.29, 1.82) is 0 Å². The number of hydrogen-bond acceptors (Lipinski definition) is 4. The lowest BCUT2D eigenvalue weighted by atomic mass is 10.1. The minimum Gasteiger partial charge on any atom is -0.392 e. The first-order chi connectivity index (χ1) is 6.87. The van der Waals surface area contributed by atoms with Gasteiger partial charge < -0.3 is 10.0 Å². The van der Waals surface area contributed by atoms with Crippen LogP contribution in [0, 0.1) is 5.92 Å². The monoisotopic (exact) mass is 235 g/mol. The molecule has 5 heteroatoms. The Morgan fingerprint density at radius 1 is 1.53 bits per heavy atom. The molecule has 0 radical (unpaired) electrons. The fourth-order valence-corrected chi connectivity index (χ4v) is 3.35. The minimum atomic E-state index is -2.88. The predicted octanol–water partition coefficient (Wildman–Crippen LogP) is 0.124. The first kappa shape index (κ1) is 12.9. The summed E-state index contributed by atoms with van der Waals surface area (Å²) in [6.45, 7) is 4.38. The predicted molar refractivity (Wildman–Crippen MR) is 60.6 cm³/mol. The Morgan fingerprint density at radius 2 is 2.20 bits per heavy atom. The number of sulfone groups is 1. The maximum absolute atomic E-state index is 11.1. The Morgan fingerprint density at radius 3 is 2.73 bits per heavy atom. The lowest BCUT2D eigenvalue weighted by Crippen LogP contribution is -2.41. The molecule has 0 aromatic heterocycles. The van der Waals surface area contributed by atoms with Gasteiger partial charge in [0.2, 0.25) is 0 Å². The fourth-order valence-electron chi connectivity index (χ4n) is 2.21. The maximum Gasteiger partial charge on any atom is 0.147 e. The Kier molecular flexibility index (Phi) is 4.55. The third-order valence-corrected chi connectivity index (χ3v) is 3.81. The molecule has 0 amide bonds. The molecule has 1 saturated heterocycles. The van der Waals surface area contributed by atoms with E-state index in [1.807, 2.05) is 6.92 Å². The molecule has 1 heterocycles. The molecule has 0 bridgehead atoms. The average Bonchev–Trinajstić information content (AvgIpc) is 1.99. The summed E-state index contributed by atoms with van der Waals surface area (Å²) in [6.07, 6.45) is 2.92. The van der Waals surface area contributed by atoms with Crippen LogP contribution in [0.3, 0.4) is 0 Å². The Balaban J connectivity index is 2.34. The van der Waals surface area contributed by atoms with Crippen molar-refractivity contribution in [2.24, 2.45) is 5.92 Å². The number of piperidine rings is 1. The summed E-state index contributed by atoms with van der Waals surface area (Å²) >= 11 is 0. The van der Waals surface area contributed by atoms with Crippen LogP contribution < -0.4 is 0 Å². The minimum absolute atomic E-state index is 0.144. The fraction of sp³-hybridized carbons (Fsp3) is 1.00. The largest absolute Gasteiger partial charge is 0.392 e. The molecular weight excluding hydrogens is 214 g/mol. The van der Waals surface area contributed by atoms with Gasteiger partial charge in [-0.3, -0.25) is 0 Å². The van der Waals surface area contributed by atoms with E-state index in [1.54, 1.807) is 0 Å². The van der Waals surface area contributed by atoms with Crippen LogP contribution in [0.25, 0.3) is 0 Å². The molecule has 0 aromatic rings. The van der Waals surface area contributed by atoms with E-state index in [9.17, 15) is 13.5 Å². The molecule has 2 atom stereocenters. The van der Waals surface area contributed by atoms with Crippen LogP contribution in [0.5, 0.6) is 0 Å². The number of rotatable bonds is 4. The van der Waals surface area contributed by atoms with Crippen molar-refractivity contribution in [2.45, 2.75) is 25.9 Å². The molecule has 0 spiro atoms. The molecule has 1 rings (SSSR count). The number of hydrogen-bond donors (Lipinski definition) is 1. The van der Waals surface area contributed by atoms with Crippen LogP contribution in [0.15, 0.2) is 0 Å². The van der Waals surface area contributed by atoms with Gasteiger partial charge in [0.05, 0.1) is 11.9 Å². The van der Waals surface area contributed by atoms with Crippen molar-refractivity contribution in [3.8, 4) is 0 Å². The van der Waals surface area contributed by atoms with Crippen LogP contribution in [-0.4, -0.2) is 56.2 Å². The van der Waals surface area contributed by atoms with Crippen molar-refractivity contribution in [1.82, 2.24) is 4.90 Å². The number of aliphatic hydroxyl groups is 1. The van der Waals surface area contributed by atoms with Gasteiger partial charge >= 0.3 is 0 Å². The summed E-state index contributed by atoms with van der Waals surface area (Å²) in [4.78, 5) is 2.16. The van der Waals surface area contributed by atoms with E-state index in [4.69, 9.17) is 0 Å². The second-order valence-electron chi connectivity index (χ2n) is 4.75. The zero-order valence-corrected chi connectivity index (χ0v) is 10.3. The topological polar surface area (TPSA) is 57.6 Å². The molecule has 2 unspecified atom stereocenters. The van der Waals surface area contributed by atoms with E-state index in [2.05, 4.69) is 4.90 Å². The molecule has 15 heavy (non-hydrogen) atoms. The molecule has 0 saturated carbocycles. The van der Waals surface area contributed by atoms with E-state index < -0.39 is 9.84 Å². The smallest absolute Gasteiger partial charge is 0.147 e. The van der Waals surface area contributed by atoms with Gasteiger partial charge in [-0.1, -0.05) is 6.92 Å². The van der Waals surface area contributed by atoms with Gasteiger partial charge in [0.1, 0.15) is 9.84 Å². The van der Waals surface area contributed by atoms with Gasteiger partial charge in [0.25, 0.3) is 0 Å². The Labute approximate surface area is 92.2 Å². The molecule has 1 aliphatic heterocycles. The third kappa shape index (κ3) is 5.49. The Bertz CT molecular complexity index is 289. The van der Waals surface area contributed by atoms with Gasteiger partial charge in [-0.25, -0.2) is 8.42 Å². The SMILES string of the molecule is CC(CN1CCCC(O)C1)CS(C)(=O)=O. The van der Waals surface area contributed by atoms with Gasteiger partial charge in [-0.15, -0.1) is 0 Å². The first-order valence-electron chi connectivity index (χ1n) is 5.45. The second kappa shape index (κ2) is 5.27. The molecule has 1 N–H and O–H groups in total. The lowest BCUT2D eigenvalue weighted by Gasteiger charge is -2.31. The summed E-state index contributed by atoms with van der Waals surface area (Å²) in [5.41, 5.74) is 0. The zero-order valence-electron chi connectivity index (χ0n) is 9.52. The maximum atomic E-state index is 11.1. The third-order valence-electron chi connectivity index (χ3n) is 2.64. The molecule has 0 aliphatic carbocycles. The van der Waals surface area contributed by atoms with Gasteiger partial charge in [-0.2, -0.15) is 0 Å². The van der Waals surface area contributed by atoms with Crippen LogP contribution >= 0.6 is 0 Å². The summed E-state index contributed by atoms with van der Waals surface area (Å²) in [5, 5.41) is 9.47. The quantitative estimate of drug-likeness (QED) is 0.752. The standard InChI is InChI=1S/C10H21NO3S/c1-9(8-15(2,13)14)6-11-5-3-4-10(12)7-11/h9-10,12H,3-8H2,1-2H3. The normalized spacial score (nSPS) is 26.5. The first-order valence-corrected chi connectivity index (χ1v) is 7.51. The van der Waals surface area contributed by atoms with Crippen molar-refractivity contribution >= 4 is 9.84 Å². The van der Waals surface area contributed by atoms with E-state index in [0.29, 0.717) is 6.54 Å². The van der Waals surface area contributed by atoms with Gasteiger partial charge in [-0.05, 0) is 25.3 Å². The molecule has 4 nitrogen and oxygen atoms in total. The zero-order chi connectivity index (χ0) is 11.5. The summed E-state index contributed by atoms with van der Waals surface area (Å²) in [5.74, 6) is 0.380. The van der Waals surface area contributed by atoms with Crippen molar-refractivity contribution < 1.29 is 13.5 Å². The molecule has 90 valence electrons. The second-order valence-corrected chi connectivity index (χ2v) is 6.94. The average molecular weight is 235 g/mol. The van der Waals surface area contributed by atoms with Crippen LogP contribution in [0.2, 0.25) is 0 Å². The van der Waals surface area contributed by atoms with E-state index in [-0.39, 0.29) is 17.8 Å². The van der Waals surface area contributed by atoms with Crippen molar-refractivity contribution in [3.05, 3.63) is 0 Å². The number of likely N-dealkylation sites (tertiary alicyclic amines) is 1. The lowest BCUT2D eigenvalue weighted by molar-refractivity contribution is 0.0650. The molecule has 1 fully saturated rings. The number of nitrogens with zero attached hydrogens (tertiary/aromatic N) is 1. The van der Waals surface area contributed by atoms with Crippen molar-refractivity contribution in [2.75, 3.05) is 31.6 Å².